The smallest absolute Gasteiger partial charge is 0.222 e. The van der Waals surface area contributed by atoms with Crippen molar-refractivity contribution in [1.29, 1.82) is 0 Å². The van der Waals surface area contributed by atoms with Gasteiger partial charge in [-0.15, -0.1) is 0 Å². The molecule has 2 aliphatic rings. The molecule has 7 nitrogen and oxygen atoms in total. The van der Waals surface area contributed by atoms with E-state index >= 15 is 0 Å². The van der Waals surface area contributed by atoms with E-state index in [4.69, 9.17) is 9.73 Å². The third kappa shape index (κ3) is 6.60. The van der Waals surface area contributed by atoms with Gasteiger partial charge in [0, 0.05) is 45.2 Å². The molecule has 2 fully saturated rings. The number of methoxy groups -OCH3 is 1. The lowest BCUT2D eigenvalue weighted by Crippen LogP contribution is -2.41. The number of carbonyl (C=O) groups is 1. The number of hydrogen-bond donors (Lipinski definition) is 2. The number of aliphatic imine (C=N–C) groups is 1. The second-order valence-corrected chi connectivity index (χ2v) is 8.59. The summed E-state index contributed by atoms with van der Waals surface area (Å²) < 4.78 is 5.33. The highest BCUT2D eigenvalue weighted by atomic mass is 16.5. The van der Waals surface area contributed by atoms with Gasteiger partial charge in [0.2, 0.25) is 5.91 Å². The lowest BCUT2D eigenvalue weighted by molar-refractivity contribution is -0.127. The molecule has 1 aromatic carbocycles. The third-order valence-electron chi connectivity index (χ3n) is 6.36. The standard InChI is InChI=1S/C24H39N5O2/c1-4-25-24(26-14-7-17-29-16-6-9-22(29)30)27-18-20-8-5-15-28(2)23(20)19-10-12-21(31-3)13-11-19/h10-13,20,23H,4-9,14-18H2,1-3H3,(H2,25,26,27). The molecule has 31 heavy (non-hydrogen) atoms. The fourth-order valence-electron chi connectivity index (χ4n) is 4.75. The third-order valence-corrected chi connectivity index (χ3v) is 6.36. The van der Waals surface area contributed by atoms with Crippen molar-refractivity contribution in [3.05, 3.63) is 29.8 Å². The molecule has 1 aromatic rings. The predicted molar refractivity (Wildman–Crippen MR) is 126 cm³/mol. The summed E-state index contributed by atoms with van der Waals surface area (Å²) in [5.41, 5.74) is 1.33. The minimum Gasteiger partial charge on any atom is -0.497 e. The van der Waals surface area contributed by atoms with Gasteiger partial charge in [-0.05, 0) is 69.8 Å². The summed E-state index contributed by atoms with van der Waals surface area (Å²) in [6, 6.07) is 8.84. The molecule has 2 aliphatic heterocycles. The number of carbonyl (C=O) groups excluding carboxylic acids is 1. The molecule has 0 spiro atoms. The number of benzene rings is 1. The van der Waals surface area contributed by atoms with E-state index in [0.717, 1.165) is 63.8 Å². The SMILES string of the molecule is CCNC(=NCC1CCCN(C)C1c1ccc(OC)cc1)NCCCN1CCCC1=O. The minimum atomic E-state index is 0.298. The fraction of sp³-hybridized carbons (Fsp3) is 0.667. The number of nitrogens with zero attached hydrogens (tertiary/aromatic N) is 3. The van der Waals surface area contributed by atoms with Crippen molar-refractivity contribution in [2.75, 3.05) is 53.4 Å². The van der Waals surface area contributed by atoms with Crippen LogP contribution in [0.5, 0.6) is 5.75 Å². The summed E-state index contributed by atoms with van der Waals surface area (Å²) in [6.07, 6.45) is 5.04. The molecule has 2 unspecified atom stereocenters. The summed E-state index contributed by atoms with van der Waals surface area (Å²) in [4.78, 5) is 21.1. The Morgan fingerprint density at radius 2 is 2.00 bits per heavy atom. The van der Waals surface area contributed by atoms with Crippen molar-refractivity contribution >= 4 is 11.9 Å². The first-order chi connectivity index (χ1) is 15.1. The Morgan fingerprint density at radius 1 is 1.19 bits per heavy atom. The molecule has 0 saturated carbocycles. The molecule has 2 saturated heterocycles. The fourth-order valence-corrected chi connectivity index (χ4v) is 4.75. The Hall–Kier alpha value is -2.28. The van der Waals surface area contributed by atoms with Crippen LogP contribution in [0.2, 0.25) is 0 Å². The predicted octanol–water partition coefficient (Wildman–Crippen LogP) is 2.65. The van der Waals surface area contributed by atoms with Gasteiger partial charge in [-0.3, -0.25) is 14.7 Å². The molecule has 0 radical (unpaired) electrons. The van der Waals surface area contributed by atoms with E-state index in [0.29, 0.717) is 24.3 Å². The molecule has 0 aliphatic carbocycles. The van der Waals surface area contributed by atoms with Crippen LogP contribution in [-0.4, -0.2) is 75.1 Å². The first kappa shape index (κ1) is 23.4. The maximum atomic E-state index is 11.8. The van der Waals surface area contributed by atoms with Crippen LogP contribution in [0.4, 0.5) is 0 Å². The highest BCUT2D eigenvalue weighted by Crippen LogP contribution is 2.35. The van der Waals surface area contributed by atoms with E-state index in [1.54, 1.807) is 7.11 Å². The van der Waals surface area contributed by atoms with Crippen LogP contribution in [0.15, 0.2) is 29.3 Å². The van der Waals surface area contributed by atoms with Gasteiger partial charge < -0.3 is 20.3 Å². The molecule has 3 rings (SSSR count). The zero-order chi connectivity index (χ0) is 22.1. The van der Waals surface area contributed by atoms with Gasteiger partial charge in [0.1, 0.15) is 5.75 Å². The molecule has 0 bridgehead atoms. The first-order valence-electron chi connectivity index (χ1n) is 11.8. The zero-order valence-electron chi connectivity index (χ0n) is 19.4. The zero-order valence-corrected chi connectivity index (χ0v) is 19.4. The molecule has 7 heteroatoms. The van der Waals surface area contributed by atoms with E-state index in [9.17, 15) is 4.79 Å². The highest BCUT2D eigenvalue weighted by Gasteiger charge is 2.30. The molecular formula is C24H39N5O2. The van der Waals surface area contributed by atoms with Gasteiger partial charge in [0.15, 0.2) is 5.96 Å². The number of amides is 1. The van der Waals surface area contributed by atoms with Crippen molar-refractivity contribution in [3.63, 3.8) is 0 Å². The van der Waals surface area contributed by atoms with Gasteiger partial charge in [-0.1, -0.05) is 12.1 Å². The number of likely N-dealkylation sites (tertiary alicyclic amines) is 2. The summed E-state index contributed by atoms with van der Waals surface area (Å²) in [5.74, 6) is 2.54. The molecule has 2 heterocycles. The average Bonchev–Trinajstić information content (AvgIpc) is 3.19. The Labute approximate surface area is 187 Å². The van der Waals surface area contributed by atoms with Crippen LogP contribution in [0, 0.1) is 5.92 Å². The number of hydrogen-bond acceptors (Lipinski definition) is 4. The Morgan fingerprint density at radius 3 is 2.68 bits per heavy atom. The van der Waals surface area contributed by atoms with Gasteiger partial charge in [-0.2, -0.15) is 0 Å². The van der Waals surface area contributed by atoms with E-state index in [2.05, 4.69) is 53.8 Å². The monoisotopic (exact) mass is 429 g/mol. The average molecular weight is 430 g/mol. The van der Waals surface area contributed by atoms with Crippen LogP contribution in [0.1, 0.15) is 50.6 Å². The topological polar surface area (TPSA) is 69.2 Å². The molecule has 172 valence electrons. The van der Waals surface area contributed by atoms with Gasteiger partial charge >= 0.3 is 0 Å². The van der Waals surface area contributed by atoms with Crippen molar-refractivity contribution in [2.45, 2.75) is 45.1 Å². The van der Waals surface area contributed by atoms with Crippen molar-refractivity contribution in [1.82, 2.24) is 20.4 Å². The maximum Gasteiger partial charge on any atom is 0.222 e. The lowest BCUT2D eigenvalue weighted by atomic mass is 9.85. The number of rotatable bonds is 9. The Balaban J connectivity index is 1.57. The maximum absolute atomic E-state index is 11.8. The largest absolute Gasteiger partial charge is 0.497 e. The van der Waals surface area contributed by atoms with Crippen LogP contribution < -0.4 is 15.4 Å². The van der Waals surface area contributed by atoms with Gasteiger partial charge in [0.05, 0.1) is 7.11 Å². The number of piperidine rings is 1. The van der Waals surface area contributed by atoms with Crippen LogP contribution in [-0.2, 0) is 4.79 Å². The van der Waals surface area contributed by atoms with Crippen molar-refractivity contribution in [3.8, 4) is 5.75 Å². The van der Waals surface area contributed by atoms with E-state index in [1.165, 1.54) is 18.4 Å². The second-order valence-electron chi connectivity index (χ2n) is 8.59. The van der Waals surface area contributed by atoms with Crippen LogP contribution in [0.3, 0.4) is 0 Å². The number of guanidine groups is 1. The minimum absolute atomic E-state index is 0.298. The van der Waals surface area contributed by atoms with Crippen LogP contribution in [0.25, 0.3) is 0 Å². The van der Waals surface area contributed by atoms with Crippen molar-refractivity contribution < 1.29 is 9.53 Å². The Kier molecular flexibility index (Phi) is 9.00. The molecular weight excluding hydrogens is 390 g/mol. The summed E-state index contributed by atoms with van der Waals surface area (Å²) in [7, 11) is 3.92. The first-order valence-corrected chi connectivity index (χ1v) is 11.8. The van der Waals surface area contributed by atoms with E-state index in [1.807, 2.05) is 4.90 Å². The van der Waals surface area contributed by atoms with Gasteiger partial charge in [-0.25, -0.2) is 0 Å². The second kappa shape index (κ2) is 11.9. The van der Waals surface area contributed by atoms with E-state index in [-0.39, 0.29) is 0 Å². The Bertz CT molecular complexity index is 721. The highest BCUT2D eigenvalue weighted by molar-refractivity contribution is 5.79. The summed E-state index contributed by atoms with van der Waals surface area (Å²) >= 11 is 0. The number of ether oxygens (including phenoxy) is 1. The normalized spacial score (nSPS) is 22.6. The quantitative estimate of drug-likeness (QED) is 0.359. The molecule has 1 amide bonds. The lowest BCUT2D eigenvalue weighted by Gasteiger charge is -2.39. The number of nitrogens with one attached hydrogen (secondary N) is 2. The molecule has 2 N–H and O–H groups in total. The summed E-state index contributed by atoms with van der Waals surface area (Å²) in [6.45, 7) is 7.40. The molecule has 2 atom stereocenters. The van der Waals surface area contributed by atoms with Crippen molar-refractivity contribution in [2.24, 2.45) is 10.9 Å². The summed E-state index contributed by atoms with van der Waals surface area (Å²) in [5, 5.41) is 6.82. The molecule has 0 aromatic heterocycles. The van der Waals surface area contributed by atoms with Gasteiger partial charge in [0.25, 0.3) is 0 Å². The van der Waals surface area contributed by atoms with Crippen LogP contribution >= 0.6 is 0 Å². The van der Waals surface area contributed by atoms with E-state index < -0.39 is 0 Å².